The number of hydrogen-bond donors (Lipinski definition) is 0. The number of hydrogen-bond acceptors (Lipinski definition) is 2. The molecule has 2 aromatic rings. The minimum Gasteiger partial charge on any atom is -0.290 e. The molecule has 1 aliphatic rings. The first-order valence-electron chi connectivity index (χ1n) is 5.60. The summed E-state index contributed by atoms with van der Waals surface area (Å²) in [5, 5.41) is 1.29. The highest BCUT2D eigenvalue weighted by atomic mass is 35.5. The van der Waals surface area contributed by atoms with Crippen molar-refractivity contribution in [2.45, 2.75) is 24.5 Å². The van der Waals surface area contributed by atoms with Crippen molar-refractivity contribution in [3.8, 4) is 0 Å². The van der Waals surface area contributed by atoms with E-state index < -0.39 is 0 Å². The Morgan fingerprint density at radius 2 is 2.31 bits per heavy atom. The summed E-state index contributed by atoms with van der Waals surface area (Å²) >= 11 is 8.14. The highest BCUT2D eigenvalue weighted by molar-refractivity contribution is 7.99. The monoisotopic (exact) mass is 252 g/mol. The molecule has 0 aromatic carbocycles. The molecule has 2 aromatic heterocycles. The maximum absolute atomic E-state index is 6.13. The van der Waals surface area contributed by atoms with Gasteiger partial charge in [-0.25, -0.2) is 4.98 Å². The molecule has 1 atom stereocenters. The number of fused-ring (bicyclic) bond motifs is 1. The predicted octanol–water partition coefficient (Wildman–Crippen LogP) is 3.95. The Labute approximate surface area is 104 Å². The smallest absolute Gasteiger partial charge is 0.138 e. The van der Waals surface area contributed by atoms with Crippen molar-refractivity contribution in [1.29, 1.82) is 0 Å². The Kier molecular flexibility index (Phi) is 2.82. The van der Waals surface area contributed by atoms with E-state index in [0.717, 1.165) is 10.8 Å². The van der Waals surface area contributed by atoms with Gasteiger partial charge in [0.15, 0.2) is 0 Å². The summed E-state index contributed by atoms with van der Waals surface area (Å²) in [4.78, 5) is 4.65. The highest BCUT2D eigenvalue weighted by Gasteiger charge is 2.19. The maximum atomic E-state index is 6.13. The summed E-state index contributed by atoms with van der Waals surface area (Å²) < 4.78 is 1.96. The lowest BCUT2D eigenvalue weighted by Crippen LogP contribution is -2.02. The topological polar surface area (TPSA) is 17.3 Å². The van der Waals surface area contributed by atoms with E-state index in [-0.39, 0.29) is 0 Å². The van der Waals surface area contributed by atoms with Gasteiger partial charge in [-0.1, -0.05) is 24.1 Å². The van der Waals surface area contributed by atoms with E-state index in [1.54, 1.807) is 0 Å². The molecule has 84 valence electrons. The zero-order valence-corrected chi connectivity index (χ0v) is 10.5. The van der Waals surface area contributed by atoms with Gasteiger partial charge in [-0.05, 0) is 30.7 Å². The average molecular weight is 253 g/mol. The van der Waals surface area contributed by atoms with Crippen LogP contribution in [0.2, 0.25) is 5.15 Å². The van der Waals surface area contributed by atoms with Gasteiger partial charge in [-0.15, -0.1) is 0 Å². The number of aromatic nitrogens is 2. The minimum absolute atomic E-state index is 0.560. The molecule has 1 unspecified atom stereocenters. The molecule has 16 heavy (non-hydrogen) atoms. The molecule has 0 saturated carbocycles. The van der Waals surface area contributed by atoms with Gasteiger partial charge >= 0.3 is 0 Å². The molecule has 0 spiro atoms. The van der Waals surface area contributed by atoms with Gasteiger partial charge in [-0.3, -0.25) is 4.40 Å². The molecule has 3 rings (SSSR count). The molecule has 0 radical (unpaired) electrons. The maximum Gasteiger partial charge on any atom is 0.138 e. The van der Waals surface area contributed by atoms with Gasteiger partial charge in [-0.2, -0.15) is 11.8 Å². The summed E-state index contributed by atoms with van der Waals surface area (Å²) in [5.41, 5.74) is 2.13. The second-order valence-electron chi connectivity index (χ2n) is 4.10. The minimum atomic E-state index is 0.560. The first-order chi connectivity index (χ1) is 7.84. The molecule has 1 aliphatic heterocycles. The van der Waals surface area contributed by atoms with Crippen LogP contribution in [0.3, 0.4) is 0 Å². The van der Waals surface area contributed by atoms with Crippen LogP contribution in [0.4, 0.5) is 0 Å². The van der Waals surface area contributed by atoms with Crippen molar-refractivity contribution in [3.63, 3.8) is 0 Å². The lowest BCUT2D eigenvalue weighted by atomic mass is 10.1. The summed E-state index contributed by atoms with van der Waals surface area (Å²) in [6, 6.07) is 5.85. The van der Waals surface area contributed by atoms with E-state index in [1.807, 2.05) is 34.4 Å². The largest absolute Gasteiger partial charge is 0.290 e. The fraction of sp³-hybridized carbons (Fsp3) is 0.417. The Morgan fingerprint density at radius 3 is 3.06 bits per heavy atom. The summed E-state index contributed by atoms with van der Waals surface area (Å²) in [6.07, 6.45) is 5.99. The number of imidazole rings is 1. The second-order valence-corrected chi connectivity index (χ2v) is 5.80. The molecule has 1 fully saturated rings. The molecule has 3 heterocycles. The van der Waals surface area contributed by atoms with E-state index in [9.17, 15) is 0 Å². The Bertz CT molecular complexity index is 503. The lowest BCUT2D eigenvalue weighted by Gasteiger charge is -2.18. The van der Waals surface area contributed by atoms with Gasteiger partial charge in [0, 0.05) is 11.4 Å². The first-order valence-corrected chi connectivity index (χ1v) is 7.02. The summed E-state index contributed by atoms with van der Waals surface area (Å²) in [5.74, 6) is 1.26. The fourth-order valence-electron chi connectivity index (χ4n) is 2.13. The molecule has 0 bridgehead atoms. The standard InChI is InChI=1S/C12H13ClN2S/c13-11-5-3-6-12-14-9(8-15(11)12)10-4-1-2-7-16-10/h3,5-6,8,10H,1-2,4,7H2. The predicted molar refractivity (Wildman–Crippen MR) is 69.3 cm³/mol. The van der Waals surface area contributed by atoms with Crippen molar-refractivity contribution in [1.82, 2.24) is 9.38 Å². The van der Waals surface area contributed by atoms with E-state index in [2.05, 4.69) is 11.2 Å². The number of pyridine rings is 1. The number of thioether (sulfide) groups is 1. The van der Waals surface area contributed by atoms with E-state index in [4.69, 9.17) is 11.6 Å². The van der Waals surface area contributed by atoms with Crippen LogP contribution in [-0.2, 0) is 0 Å². The van der Waals surface area contributed by atoms with Crippen LogP contribution >= 0.6 is 23.4 Å². The molecular formula is C12H13ClN2S. The molecule has 1 saturated heterocycles. The first kappa shape index (κ1) is 10.5. The third kappa shape index (κ3) is 1.82. The van der Waals surface area contributed by atoms with Crippen LogP contribution in [0, 0.1) is 0 Å². The molecular weight excluding hydrogens is 240 g/mol. The van der Waals surface area contributed by atoms with Crippen LogP contribution in [0.15, 0.2) is 24.4 Å². The van der Waals surface area contributed by atoms with Crippen LogP contribution in [0.25, 0.3) is 5.65 Å². The van der Waals surface area contributed by atoms with Crippen molar-refractivity contribution < 1.29 is 0 Å². The quantitative estimate of drug-likeness (QED) is 0.715. The molecule has 0 aliphatic carbocycles. The van der Waals surface area contributed by atoms with Gasteiger partial charge in [0.2, 0.25) is 0 Å². The van der Waals surface area contributed by atoms with Gasteiger partial charge in [0.1, 0.15) is 10.8 Å². The summed E-state index contributed by atoms with van der Waals surface area (Å²) in [7, 11) is 0. The van der Waals surface area contributed by atoms with Gasteiger partial charge in [0.05, 0.1) is 5.69 Å². The number of rotatable bonds is 1. The van der Waals surface area contributed by atoms with Crippen molar-refractivity contribution in [2.75, 3.05) is 5.75 Å². The molecule has 0 amide bonds. The van der Waals surface area contributed by atoms with Crippen molar-refractivity contribution in [2.24, 2.45) is 0 Å². The van der Waals surface area contributed by atoms with E-state index >= 15 is 0 Å². The van der Waals surface area contributed by atoms with Gasteiger partial charge in [0.25, 0.3) is 0 Å². The Morgan fingerprint density at radius 1 is 1.38 bits per heavy atom. The second kappa shape index (κ2) is 4.30. The average Bonchev–Trinajstić information content (AvgIpc) is 2.76. The fourth-order valence-corrected chi connectivity index (χ4v) is 3.61. The number of nitrogens with zero attached hydrogens (tertiary/aromatic N) is 2. The number of halogens is 1. The zero-order valence-electron chi connectivity index (χ0n) is 8.90. The zero-order chi connectivity index (χ0) is 11.0. The molecule has 2 nitrogen and oxygen atoms in total. The third-order valence-electron chi connectivity index (χ3n) is 2.97. The van der Waals surface area contributed by atoms with Crippen LogP contribution < -0.4 is 0 Å². The molecule has 0 N–H and O–H groups in total. The lowest BCUT2D eigenvalue weighted by molar-refractivity contribution is 0.678. The normalized spacial score (nSPS) is 21.4. The van der Waals surface area contributed by atoms with Crippen molar-refractivity contribution in [3.05, 3.63) is 35.2 Å². The SMILES string of the molecule is Clc1cccc2nc(C3CCCCS3)cn12. The summed E-state index contributed by atoms with van der Waals surface area (Å²) in [6.45, 7) is 0. The Hall–Kier alpha value is -0.670. The van der Waals surface area contributed by atoms with Crippen LogP contribution in [0.5, 0.6) is 0 Å². The van der Waals surface area contributed by atoms with Crippen LogP contribution in [-0.4, -0.2) is 15.1 Å². The van der Waals surface area contributed by atoms with Crippen LogP contribution in [0.1, 0.15) is 30.2 Å². The van der Waals surface area contributed by atoms with Gasteiger partial charge < -0.3 is 0 Å². The van der Waals surface area contributed by atoms with E-state index in [0.29, 0.717) is 5.25 Å². The third-order valence-corrected chi connectivity index (χ3v) is 4.68. The van der Waals surface area contributed by atoms with Crippen molar-refractivity contribution >= 4 is 29.0 Å². The highest BCUT2D eigenvalue weighted by Crippen LogP contribution is 2.37. The molecule has 4 heteroatoms. The Balaban J connectivity index is 2.01. The van der Waals surface area contributed by atoms with E-state index in [1.165, 1.54) is 30.7 Å².